The number of aliphatic hydroxyl groups excluding tert-OH is 1. The van der Waals surface area contributed by atoms with E-state index in [2.05, 4.69) is 0 Å². The fourth-order valence-corrected chi connectivity index (χ4v) is 2.16. The fourth-order valence-electron chi connectivity index (χ4n) is 2.16. The van der Waals surface area contributed by atoms with Gasteiger partial charge in [0.2, 0.25) is 0 Å². The van der Waals surface area contributed by atoms with Gasteiger partial charge in [-0.3, -0.25) is 4.90 Å². The first-order chi connectivity index (χ1) is 6.82. The molecule has 0 saturated carbocycles. The highest BCUT2D eigenvalue weighted by atomic mass is 19.4. The van der Waals surface area contributed by atoms with E-state index in [-0.39, 0.29) is 12.6 Å². The quantitative estimate of drug-likeness (QED) is 0.794. The smallest absolute Gasteiger partial charge is 0.382 e. The SMILES string of the molecule is CC(C)C1CCCN1CC(O)C(F)(F)F. The van der Waals surface area contributed by atoms with Crippen molar-refractivity contribution in [1.82, 2.24) is 4.90 Å². The summed E-state index contributed by atoms with van der Waals surface area (Å²) in [5.74, 6) is 0.341. The van der Waals surface area contributed by atoms with Gasteiger partial charge in [0.05, 0.1) is 0 Å². The Bertz CT molecular complexity index is 205. The number of hydrogen-bond donors (Lipinski definition) is 1. The molecule has 1 heterocycles. The number of β-amino-alcohol motifs (C(OH)–C–C–N with tert-alkyl or cyclic N) is 1. The third-order valence-corrected chi connectivity index (χ3v) is 2.97. The zero-order valence-corrected chi connectivity index (χ0v) is 9.09. The third kappa shape index (κ3) is 3.34. The summed E-state index contributed by atoms with van der Waals surface area (Å²) >= 11 is 0. The first-order valence-electron chi connectivity index (χ1n) is 5.31. The van der Waals surface area contributed by atoms with E-state index in [4.69, 9.17) is 5.11 Å². The van der Waals surface area contributed by atoms with Crippen molar-refractivity contribution in [2.45, 2.75) is 45.0 Å². The Hall–Kier alpha value is -0.290. The second kappa shape index (κ2) is 4.70. The van der Waals surface area contributed by atoms with Gasteiger partial charge in [-0.2, -0.15) is 13.2 Å². The lowest BCUT2D eigenvalue weighted by atomic mass is 10.0. The first-order valence-corrected chi connectivity index (χ1v) is 5.31. The zero-order valence-electron chi connectivity index (χ0n) is 9.09. The van der Waals surface area contributed by atoms with Gasteiger partial charge in [-0.1, -0.05) is 13.8 Å². The van der Waals surface area contributed by atoms with Gasteiger partial charge in [-0.25, -0.2) is 0 Å². The lowest BCUT2D eigenvalue weighted by Gasteiger charge is -2.29. The van der Waals surface area contributed by atoms with Gasteiger partial charge < -0.3 is 5.11 Å². The van der Waals surface area contributed by atoms with Crippen LogP contribution in [0.3, 0.4) is 0 Å². The van der Waals surface area contributed by atoms with E-state index in [0.717, 1.165) is 12.8 Å². The van der Waals surface area contributed by atoms with Crippen LogP contribution in [0.15, 0.2) is 0 Å². The molecular weight excluding hydrogens is 207 g/mol. The molecule has 0 spiro atoms. The summed E-state index contributed by atoms with van der Waals surface area (Å²) in [5.41, 5.74) is 0. The molecule has 2 unspecified atom stereocenters. The minimum atomic E-state index is -4.50. The zero-order chi connectivity index (χ0) is 11.6. The summed E-state index contributed by atoms with van der Waals surface area (Å²) in [6.45, 7) is 4.38. The fraction of sp³-hybridized carbons (Fsp3) is 1.00. The number of halogens is 3. The largest absolute Gasteiger partial charge is 0.415 e. The van der Waals surface area contributed by atoms with Gasteiger partial charge >= 0.3 is 6.18 Å². The molecule has 1 rings (SSSR count). The summed E-state index contributed by atoms with van der Waals surface area (Å²) in [5, 5.41) is 8.98. The lowest BCUT2D eigenvalue weighted by Crippen LogP contribution is -2.44. The monoisotopic (exact) mass is 225 g/mol. The number of hydrogen-bond acceptors (Lipinski definition) is 2. The lowest BCUT2D eigenvalue weighted by molar-refractivity contribution is -0.209. The van der Waals surface area contributed by atoms with Crippen LogP contribution in [0, 0.1) is 5.92 Å². The Morgan fingerprint density at radius 1 is 1.40 bits per heavy atom. The molecule has 1 aliphatic heterocycles. The van der Waals surface area contributed by atoms with Crippen molar-refractivity contribution >= 4 is 0 Å². The Balaban J connectivity index is 2.50. The molecule has 1 N–H and O–H groups in total. The predicted octanol–water partition coefficient (Wildman–Crippen LogP) is 2.03. The van der Waals surface area contributed by atoms with Crippen molar-refractivity contribution in [3.05, 3.63) is 0 Å². The summed E-state index contributed by atoms with van der Waals surface area (Å²) in [6.07, 6.45) is -4.85. The maximum Gasteiger partial charge on any atom is 0.415 e. The van der Waals surface area contributed by atoms with Crippen LogP contribution in [0.5, 0.6) is 0 Å². The molecule has 5 heteroatoms. The van der Waals surface area contributed by atoms with Gasteiger partial charge in [0.1, 0.15) is 0 Å². The van der Waals surface area contributed by atoms with Crippen LogP contribution in [0.4, 0.5) is 13.2 Å². The van der Waals surface area contributed by atoms with Gasteiger partial charge in [-0.15, -0.1) is 0 Å². The van der Waals surface area contributed by atoms with Crippen LogP contribution < -0.4 is 0 Å². The number of likely N-dealkylation sites (tertiary alicyclic amines) is 1. The molecule has 1 fully saturated rings. The Morgan fingerprint density at radius 3 is 2.47 bits per heavy atom. The van der Waals surface area contributed by atoms with E-state index in [1.807, 2.05) is 13.8 Å². The third-order valence-electron chi connectivity index (χ3n) is 2.97. The topological polar surface area (TPSA) is 23.5 Å². The van der Waals surface area contributed by atoms with Crippen LogP contribution in [-0.4, -0.2) is 41.4 Å². The molecule has 1 aliphatic rings. The molecule has 15 heavy (non-hydrogen) atoms. The Labute approximate surface area is 88.1 Å². The predicted molar refractivity (Wildman–Crippen MR) is 51.5 cm³/mol. The standard InChI is InChI=1S/C10H18F3NO/c1-7(2)8-4-3-5-14(8)6-9(15)10(11,12)13/h7-9,15H,3-6H2,1-2H3. The van der Waals surface area contributed by atoms with Crippen molar-refractivity contribution in [1.29, 1.82) is 0 Å². The molecule has 0 aliphatic carbocycles. The maximum atomic E-state index is 12.2. The molecule has 0 bridgehead atoms. The molecule has 2 nitrogen and oxygen atoms in total. The molecular formula is C10H18F3NO. The Kier molecular flexibility index (Phi) is 4.00. The number of aliphatic hydroxyl groups is 1. The van der Waals surface area contributed by atoms with Gasteiger partial charge in [0.25, 0.3) is 0 Å². The number of alkyl halides is 3. The Morgan fingerprint density at radius 2 is 2.00 bits per heavy atom. The van der Waals surface area contributed by atoms with Crippen LogP contribution in [0.1, 0.15) is 26.7 Å². The van der Waals surface area contributed by atoms with Crippen molar-refractivity contribution < 1.29 is 18.3 Å². The van der Waals surface area contributed by atoms with E-state index in [1.165, 1.54) is 0 Å². The number of nitrogens with zero attached hydrogens (tertiary/aromatic N) is 1. The molecule has 90 valence electrons. The second-order valence-corrected chi connectivity index (χ2v) is 4.51. The van der Waals surface area contributed by atoms with Crippen molar-refractivity contribution in [3.8, 4) is 0 Å². The summed E-state index contributed by atoms with van der Waals surface area (Å²) < 4.78 is 36.5. The molecule has 0 aromatic carbocycles. The van der Waals surface area contributed by atoms with Crippen LogP contribution in [-0.2, 0) is 0 Å². The van der Waals surface area contributed by atoms with Crippen molar-refractivity contribution in [2.24, 2.45) is 5.92 Å². The average Bonchev–Trinajstić information content (AvgIpc) is 2.50. The first kappa shape index (κ1) is 12.8. The van der Waals surface area contributed by atoms with Gasteiger partial charge in [0.15, 0.2) is 6.10 Å². The summed E-state index contributed by atoms with van der Waals surface area (Å²) in [6, 6.07) is 0.182. The van der Waals surface area contributed by atoms with Gasteiger partial charge in [0, 0.05) is 12.6 Å². The molecule has 0 aromatic heterocycles. The minimum absolute atomic E-state index is 0.182. The molecule has 2 atom stereocenters. The highest BCUT2D eigenvalue weighted by Gasteiger charge is 2.41. The molecule has 0 aromatic rings. The van der Waals surface area contributed by atoms with Crippen LogP contribution >= 0.6 is 0 Å². The van der Waals surface area contributed by atoms with Crippen molar-refractivity contribution in [3.63, 3.8) is 0 Å². The number of rotatable bonds is 3. The van der Waals surface area contributed by atoms with Gasteiger partial charge in [-0.05, 0) is 25.3 Å². The van der Waals surface area contributed by atoms with E-state index in [0.29, 0.717) is 12.5 Å². The maximum absolute atomic E-state index is 12.2. The molecule has 0 radical (unpaired) electrons. The average molecular weight is 225 g/mol. The van der Waals surface area contributed by atoms with E-state index >= 15 is 0 Å². The minimum Gasteiger partial charge on any atom is -0.382 e. The molecule has 1 saturated heterocycles. The van der Waals surface area contributed by atoms with E-state index < -0.39 is 12.3 Å². The van der Waals surface area contributed by atoms with E-state index in [9.17, 15) is 13.2 Å². The van der Waals surface area contributed by atoms with Crippen LogP contribution in [0.25, 0.3) is 0 Å². The summed E-state index contributed by atoms with van der Waals surface area (Å²) in [4.78, 5) is 1.75. The van der Waals surface area contributed by atoms with E-state index in [1.54, 1.807) is 4.90 Å². The normalized spacial score (nSPS) is 26.2. The molecule has 0 amide bonds. The summed E-state index contributed by atoms with van der Waals surface area (Å²) in [7, 11) is 0. The second-order valence-electron chi connectivity index (χ2n) is 4.51. The highest BCUT2D eigenvalue weighted by molar-refractivity contribution is 4.84. The van der Waals surface area contributed by atoms with Crippen molar-refractivity contribution in [2.75, 3.05) is 13.1 Å². The van der Waals surface area contributed by atoms with Crippen LogP contribution in [0.2, 0.25) is 0 Å². The highest BCUT2D eigenvalue weighted by Crippen LogP contribution is 2.27.